The Balaban J connectivity index is 1.13. The number of furan rings is 1. The van der Waals surface area contributed by atoms with Crippen LogP contribution < -0.4 is 20.7 Å². The predicted molar refractivity (Wildman–Crippen MR) is 289 cm³/mol. The van der Waals surface area contributed by atoms with Crippen LogP contribution in [0.15, 0.2) is 205 Å². The van der Waals surface area contributed by atoms with Gasteiger partial charge in [-0.25, -0.2) is 0 Å². The molecule has 4 nitrogen and oxygen atoms in total. The zero-order valence-electron chi connectivity index (χ0n) is 38.2. The Bertz CT molecular complexity index is 3940. The maximum atomic E-state index is 7.16. The number of para-hydroxylation sites is 4. The third kappa shape index (κ3) is 5.87. The van der Waals surface area contributed by atoms with Crippen LogP contribution in [0.4, 0.5) is 28.4 Å². The second kappa shape index (κ2) is 14.9. The highest BCUT2D eigenvalue weighted by Crippen LogP contribution is 2.48. The first-order valence-corrected chi connectivity index (χ1v) is 24.6. The van der Waals surface area contributed by atoms with Crippen LogP contribution in [0.5, 0.6) is 0 Å². The Morgan fingerprint density at radius 2 is 1.25 bits per heavy atom. The molecule has 2 aliphatic rings. The molecule has 0 amide bonds. The topological polar surface area (TPSA) is 24.6 Å². The summed E-state index contributed by atoms with van der Waals surface area (Å²) in [5.41, 5.74) is 19.3. The van der Waals surface area contributed by atoms with Gasteiger partial charge in [-0.3, -0.25) is 0 Å². The maximum Gasteiger partial charge on any atom is 0.336 e. The van der Waals surface area contributed by atoms with E-state index in [-0.39, 0.29) is 12.3 Å². The van der Waals surface area contributed by atoms with E-state index in [0.717, 1.165) is 40.2 Å². The molecular formula is C62H46BN3OS. The second-order valence-corrected chi connectivity index (χ2v) is 20.7. The zero-order chi connectivity index (χ0) is 45.3. The monoisotopic (exact) mass is 891 g/mol. The molecule has 0 saturated carbocycles. The first-order valence-electron chi connectivity index (χ1n) is 23.8. The van der Waals surface area contributed by atoms with E-state index < -0.39 is 0 Å². The highest BCUT2D eigenvalue weighted by molar-refractivity contribution is 7.26. The van der Waals surface area contributed by atoms with Gasteiger partial charge in [0, 0.05) is 60.7 Å². The summed E-state index contributed by atoms with van der Waals surface area (Å²) in [7, 11) is 0. The predicted octanol–water partition coefficient (Wildman–Crippen LogP) is 15.6. The lowest BCUT2D eigenvalue weighted by Crippen LogP contribution is -2.56. The molecule has 0 saturated heterocycles. The Hall–Kier alpha value is -7.80. The summed E-state index contributed by atoms with van der Waals surface area (Å²) in [4.78, 5) is 5.10. The normalized spacial score (nSPS) is 13.2. The van der Waals surface area contributed by atoms with E-state index in [4.69, 9.17) is 4.42 Å². The Morgan fingerprint density at radius 3 is 2.01 bits per heavy atom. The van der Waals surface area contributed by atoms with Crippen molar-refractivity contribution < 1.29 is 4.42 Å². The molecule has 68 heavy (non-hydrogen) atoms. The summed E-state index contributed by atoms with van der Waals surface area (Å²) in [5.74, 6) is 0. The number of benzene rings is 9. The van der Waals surface area contributed by atoms with Gasteiger partial charge in [0.15, 0.2) is 5.71 Å². The smallest absolute Gasteiger partial charge is 0.336 e. The average Bonchev–Trinajstić information content (AvgIpc) is 4.01. The van der Waals surface area contributed by atoms with E-state index in [2.05, 4.69) is 235 Å². The highest BCUT2D eigenvalue weighted by Gasteiger charge is 2.44. The quantitative estimate of drug-likeness (QED) is 0.156. The highest BCUT2D eigenvalue weighted by atomic mass is 32.1. The number of thiophene rings is 1. The first-order chi connectivity index (χ1) is 33.4. The summed E-state index contributed by atoms with van der Waals surface area (Å²) < 4.78 is 12.4. The van der Waals surface area contributed by atoms with Gasteiger partial charge in [0.05, 0.1) is 5.39 Å². The molecule has 9 aromatic carbocycles. The van der Waals surface area contributed by atoms with Crippen LogP contribution in [-0.2, 0) is 18.4 Å². The molecule has 12 aromatic rings. The Morgan fingerprint density at radius 1 is 0.559 bits per heavy atom. The van der Waals surface area contributed by atoms with Crippen molar-refractivity contribution in [2.45, 2.75) is 39.2 Å². The first kappa shape index (κ1) is 39.4. The Kier molecular flexibility index (Phi) is 8.60. The molecule has 14 rings (SSSR count). The SMILES string of the molecule is CC(C)(C)c1ccc(CN2c3cc(N(c4ccccc4)c4ccccc4)cc4c3B(c3c2ccc2sc5ccccc5c32)n2c3oc5ccccc5c3c3cccc(c32)C4)c(-c2ccccc2)c1. The molecule has 3 aromatic heterocycles. The molecule has 0 N–H and O–H groups in total. The third-order valence-electron chi connectivity index (χ3n) is 14.7. The minimum Gasteiger partial charge on any atom is -0.441 e. The van der Waals surface area contributed by atoms with Crippen molar-refractivity contribution in [1.82, 2.24) is 4.48 Å². The van der Waals surface area contributed by atoms with Crippen molar-refractivity contribution in [2.75, 3.05) is 9.80 Å². The molecular weight excluding hydrogens is 846 g/mol. The minimum atomic E-state index is -0.190. The summed E-state index contributed by atoms with van der Waals surface area (Å²) in [5, 5.41) is 6.21. The lowest BCUT2D eigenvalue weighted by molar-refractivity contribution is 0.590. The van der Waals surface area contributed by atoms with Crippen LogP contribution >= 0.6 is 11.3 Å². The molecule has 0 atom stereocenters. The van der Waals surface area contributed by atoms with Gasteiger partial charge < -0.3 is 18.7 Å². The summed E-state index contributed by atoms with van der Waals surface area (Å²) in [6, 6.07) is 74.2. The number of hydrogen-bond acceptors (Lipinski definition) is 4. The fraction of sp³-hybridized carbons (Fsp3) is 0.0968. The van der Waals surface area contributed by atoms with Crippen molar-refractivity contribution in [2.24, 2.45) is 0 Å². The van der Waals surface area contributed by atoms with Crippen molar-refractivity contribution in [3.63, 3.8) is 0 Å². The van der Waals surface area contributed by atoms with Crippen molar-refractivity contribution in [3.05, 3.63) is 222 Å². The van der Waals surface area contributed by atoms with Crippen LogP contribution in [0.3, 0.4) is 0 Å². The molecule has 0 aliphatic carbocycles. The molecule has 0 radical (unpaired) electrons. The van der Waals surface area contributed by atoms with Crippen LogP contribution in [0.2, 0.25) is 0 Å². The van der Waals surface area contributed by atoms with Crippen LogP contribution in [0.25, 0.3) is 64.3 Å². The van der Waals surface area contributed by atoms with Crippen molar-refractivity contribution >= 4 is 111 Å². The molecule has 0 unspecified atom stereocenters. The maximum absolute atomic E-state index is 7.16. The number of aromatic nitrogens is 1. The standard InChI is InChI=1S/C62H46BN3OS/c1-62(2,3)43-31-30-41(50(36-43)39-18-7-4-8-19-39)38-64-51-32-33-55-57(48-26-14-16-29-54(48)68-55)59(51)63-58-42(35-46(37-52(58)64)65(44-21-9-5-10-22-44)45-23-11-6-12-24-45)34-40-20-17-27-49-56-47-25-13-15-28-53(47)67-61(56)66(63)60(40)49/h4-33,35-37H,34,38H2,1-3H3. The van der Waals surface area contributed by atoms with E-state index in [9.17, 15) is 0 Å². The number of anilines is 5. The molecule has 0 bridgehead atoms. The summed E-state index contributed by atoms with van der Waals surface area (Å²) in [6.45, 7) is 7.42. The van der Waals surface area contributed by atoms with E-state index >= 15 is 0 Å². The van der Waals surface area contributed by atoms with Crippen LogP contribution in [-0.4, -0.2) is 11.3 Å². The van der Waals surface area contributed by atoms with Gasteiger partial charge in [0.25, 0.3) is 0 Å². The van der Waals surface area contributed by atoms with E-state index in [1.54, 1.807) is 0 Å². The van der Waals surface area contributed by atoms with Crippen molar-refractivity contribution in [3.8, 4) is 11.1 Å². The molecule has 0 spiro atoms. The van der Waals surface area contributed by atoms with Gasteiger partial charge >= 0.3 is 6.85 Å². The number of rotatable bonds is 6. The average molecular weight is 892 g/mol. The Labute approximate surface area is 400 Å². The van der Waals surface area contributed by atoms with Gasteiger partial charge in [-0.2, -0.15) is 0 Å². The lowest BCUT2D eigenvalue weighted by Gasteiger charge is -2.39. The third-order valence-corrected chi connectivity index (χ3v) is 15.8. The minimum absolute atomic E-state index is 0.0122. The largest absolute Gasteiger partial charge is 0.441 e. The number of nitrogens with zero attached hydrogens (tertiary/aromatic N) is 3. The molecule has 5 heterocycles. The van der Waals surface area contributed by atoms with E-state index in [1.165, 1.54) is 92.1 Å². The van der Waals surface area contributed by atoms with E-state index in [0.29, 0.717) is 6.54 Å². The second-order valence-electron chi connectivity index (χ2n) is 19.6. The zero-order valence-corrected chi connectivity index (χ0v) is 39.0. The lowest BCUT2D eigenvalue weighted by atomic mass is 9.46. The molecule has 6 heteroatoms. The molecule has 2 aliphatic heterocycles. The van der Waals surface area contributed by atoms with Gasteiger partial charge in [0.1, 0.15) is 5.58 Å². The molecule has 324 valence electrons. The van der Waals surface area contributed by atoms with Gasteiger partial charge in [-0.05, 0) is 128 Å². The fourth-order valence-corrected chi connectivity index (χ4v) is 12.7. The van der Waals surface area contributed by atoms with Crippen LogP contribution in [0, 0.1) is 0 Å². The van der Waals surface area contributed by atoms with Gasteiger partial charge in [0.2, 0.25) is 0 Å². The van der Waals surface area contributed by atoms with Gasteiger partial charge in [-0.15, -0.1) is 11.3 Å². The summed E-state index contributed by atoms with van der Waals surface area (Å²) in [6.07, 6.45) is 0.769. The summed E-state index contributed by atoms with van der Waals surface area (Å²) >= 11 is 1.90. The van der Waals surface area contributed by atoms with Gasteiger partial charge in [-0.1, -0.05) is 160 Å². The van der Waals surface area contributed by atoms with Crippen molar-refractivity contribution in [1.29, 1.82) is 0 Å². The number of hydrogen-bond donors (Lipinski definition) is 0. The number of fused-ring (bicyclic) bond motifs is 12. The van der Waals surface area contributed by atoms with E-state index in [1.807, 2.05) is 11.3 Å². The molecule has 0 fully saturated rings. The van der Waals surface area contributed by atoms with Crippen LogP contribution in [0.1, 0.15) is 43.0 Å². The fourth-order valence-electron chi connectivity index (χ4n) is 11.6.